The molecule has 0 aromatic heterocycles. The summed E-state index contributed by atoms with van der Waals surface area (Å²) in [5.74, 6) is -2.66. The van der Waals surface area contributed by atoms with Crippen molar-refractivity contribution >= 4 is 47.0 Å². The fraction of sp³-hybridized carbons (Fsp3) is 0.375. The predicted octanol–water partition coefficient (Wildman–Crippen LogP) is 1.02. The number of fused-ring (bicyclic) bond motifs is 1. The molecule has 2 heterocycles. The second-order valence-electron chi connectivity index (χ2n) is 6.07. The molecule has 2 aliphatic heterocycles. The largest absolute Gasteiger partial charge is 0.481 e. The summed E-state index contributed by atoms with van der Waals surface area (Å²) in [5.41, 5.74) is 6.23. The van der Waals surface area contributed by atoms with Gasteiger partial charge in [0.1, 0.15) is 6.10 Å². The number of carboxylic acids is 1. The van der Waals surface area contributed by atoms with Crippen molar-refractivity contribution in [2.45, 2.75) is 23.8 Å². The van der Waals surface area contributed by atoms with E-state index in [4.69, 9.17) is 10.5 Å². The number of thioether (sulfide) groups is 1. The van der Waals surface area contributed by atoms with Crippen molar-refractivity contribution in [1.29, 1.82) is 0 Å². The Kier molecular flexibility index (Phi) is 5.03. The smallest absolute Gasteiger partial charge is 0.414 e. The molecule has 138 valence electrons. The number of nitrogens with zero attached hydrogens (tertiary/aromatic N) is 1. The Bertz CT molecular complexity index is 783. The van der Waals surface area contributed by atoms with Gasteiger partial charge in [-0.25, -0.2) is 4.79 Å². The molecular weight excluding hydrogens is 362 g/mol. The van der Waals surface area contributed by atoms with Gasteiger partial charge in [0.25, 0.3) is 0 Å². The minimum absolute atomic E-state index is 0.00194. The molecule has 9 nitrogen and oxygen atoms in total. The molecule has 1 aromatic rings. The van der Waals surface area contributed by atoms with Crippen LogP contribution in [-0.4, -0.2) is 47.4 Å². The van der Waals surface area contributed by atoms with Crippen LogP contribution in [0.5, 0.6) is 0 Å². The van der Waals surface area contributed by atoms with Crippen LogP contribution in [-0.2, 0) is 19.1 Å². The maximum Gasteiger partial charge on any atom is 0.414 e. The van der Waals surface area contributed by atoms with Crippen molar-refractivity contribution in [2.24, 2.45) is 11.7 Å². The molecule has 1 fully saturated rings. The van der Waals surface area contributed by atoms with E-state index in [1.807, 2.05) is 6.07 Å². The quantitative estimate of drug-likeness (QED) is 0.670. The van der Waals surface area contributed by atoms with E-state index in [1.165, 1.54) is 16.7 Å². The van der Waals surface area contributed by atoms with Crippen molar-refractivity contribution in [3.63, 3.8) is 0 Å². The zero-order chi connectivity index (χ0) is 18.8. The monoisotopic (exact) mass is 379 g/mol. The normalized spacial score (nSPS) is 20.2. The third-order valence-electron chi connectivity index (χ3n) is 4.13. The van der Waals surface area contributed by atoms with Crippen LogP contribution in [0.15, 0.2) is 23.1 Å². The predicted molar refractivity (Wildman–Crippen MR) is 93.0 cm³/mol. The average molecular weight is 379 g/mol. The number of nitrogens with one attached hydrogen (secondary N) is 1. The molecule has 0 aliphatic carbocycles. The van der Waals surface area contributed by atoms with Gasteiger partial charge in [-0.2, -0.15) is 0 Å². The highest BCUT2D eigenvalue weighted by Gasteiger charge is 2.36. The summed E-state index contributed by atoms with van der Waals surface area (Å²) in [6.07, 6.45) is -1.58. The lowest BCUT2D eigenvalue weighted by molar-refractivity contribution is -0.144. The summed E-state index contributed by atoms with van der Waals surface area (Å²) in [5, 5.41) is 11.9. The number of carbonyl (C=O) groups excluding carboxylic acids is 3. The van der Waals surface area contributed by atoms with E-state index in [0.29, 0.717) is 17.1 Å². The maximum atomic E-state index is 12.2. The average Bonchev–Trinajstić information content (AvgIpc) is 2.93. The molecule has 3 amide bonds. The summed E-state index contributed by atoms with van der Waals surface area (Å²) in [6, 6.07) is 5.23. The van der Waals surface area contributed by atoms with Crippen LogP contribution in [0.3, 0.4) is 0 Å². The van der Waals surface area contributed by atoms with Crippen LogP contribution in [0, 0.1) is 5.92 Å². The molecule has 1 unspecified atom stereocenters. The first-order valence-electron chi connectivity index (χ1n) is 7.89. The van der Waals surface area contributed by atoms with Gasteiger partial charge in [-0.15, -0.1) is 11.8 Å². The van der Waals surface area contributed by atoms with E-state index in [2.05, 4.69) is 5.32 Å². The number of rotatable bonds is 6. The van der Waals surface area contributed by atoms with Crippen molar-refractivity contribution in [3.05, 3.63) is 18.2 Å². The Morgan fingerprint density at radius 1 is 1.42 bits per heavy atom. The molecule has 0 saturated carbocycles. The highest BCUT2D eigenvalue weighted by molar-refractivity contribution is 8.00. The highest BCUT2D eigenvalue weighted by Crippen LogP contribution is 2.36. The number of anilines is 2. The molecule has 1 saturated heterocycles. The van der Waals surface area contributed by atoms with E-state index >= 15 is 0 Å². The van der Waals surface area contributed by atoms with Gasteiger partial charge < -0.3 is 20.9 Å². The minimum atomic E-state index is -1.16. The number of benzene rings is 1. The number of amides is 3. The van der Waals surface area contributed by atoms with Crippen LogP contribution in [0.4, 0.5) is 16.2 Å². The molecule has 0 bridgehead atoms. The highest BCUT2D eigenvalue weighted by atomic mass is 32.2. The van der Waals surface area contributed by atoms with Crippen molar-refractivity contribution in [3.8, 4) is 0 Å². The van der Waals surface area contributed by atoms with Crippen molar-refractivity contribution < 1.29 is 29.0 Å². The van der Waals surface area contributed by atoms with Gasteiger partial charge in [0.15, 0.2) is 0 Å². The van der Waals surface area contributed by atoms with Gasteiger partial charge in [0, 0.05) is 17.0 Å². The molecule has 26 heavy (non-hydrogen) atoms. The van der Waals surface area contributed by atoms with Crippen LogP contribution in [0.2, 0.25) is 0 Å². The second-order valence-corrected chi connectivity index (χ2v) is 7.09. The number of nitrogens with two attached hydrogens (primary N) is 1. The fourth-order valence-electron chi connectivity index (χ4n) is 2.93. The fourth-order valence-corrected chi connectivity index (χ4v) is 3.71. The Labute approximate surface area is 152 Å². The Hall–Kier alpha value is -2.75. The zero-order valence-electron chi connectivity index (χ0n) is 13.6. The second kappa shape index (κ2) is 7.24. The van der Waals surface area contributed by atoms with Gasteiger partial charge in [-0.3, -0.25) is 19.3 Å². The third kappa shape index (κ3) is 3.90. The van der Waals surface area contributed by atoms with E-state index < -0.39 is 30.0 Å². The number of hydrogen-bond acceptors (Lipinski definition) is 6. The number of ether oxygens (including phenoxy) is 1. The van der Waals surface area contributed by atoms with E-state index in [1.54, 1.807) is 12.1 Å². The lowest BCUT2D eigenvalue weighted by atomic mass is 9.97. The summed E-state index contributed by atoms with van der Waals surface area (Å²) in [4.78, 5) is 48.2. The molecule has 3 rings (SSSR count). The maximum absolute atomic E-state index is 12.2. The van der Waals surface area contributed by atoms with Crippen LogP contribution in [0.25, 0.3) is 0 Å². The molecule has 1 aromatic carbocycles. The Morgan fingerprint density at radius 3 is 2.88 bits per heavy atom. The summed E-state index contributed by atoms with van der Waals surface area (Å²) in [7, 11) is 0. The summed E-state index contributed by atoms with van der Waals surface area (Å²) < 4.78 is 5.23. The number of primary amides is 1. The van der Waals surface area contributed by atoms with Gasteiger partial charge in [-0.1, -0.05) is 0 Å². The molecule has 2 atom stereocenters. The van der Waals surface area contributed by atoms with Crippen LogP contribution in [0.1, 0.15) is 12.8 Å². The first kappa shape index (κ1) is 18.1. The van der Waals surface area contributed by atoms with Gasteiger partial charge in [0.05, 0.1) is 23.9 Å². The summed E-state index contributed by atoms with van der Waals surface area (Å²) >= 11 is 1.41. The molecular formula is C16H17N3O6S. The van der Waals surface area contributed by atoms with Gasteiger partial charge in [-0.05, 0) is 24.6 Å². The lowest BCUT2D eigenvalue weighted by Gasteiger charge is -2.20. The number of cyclic esters (lactones) is 1. The SMILES string of the molecule is NC(=O)CC(C[C@@H]1CN(c2ccc3c(c2)NC(=O)CS3)C(=O)O1)C(=O)O. The number of hydrogen-bond donors (Lipinski definition) is 3. The molecule has 10 heteroatoms. The number of aliphatic carboxylic acids is 1. The molecule has 0 spiro atoms. The topological polar surface area (TPSA) is 139 Å². The zero-order valence-corrected chi connectivity index (χ0v) is 14.5. The van der Waals surface area contributed by atoms with E-state index in [-0.39, 0.29) is 25.3 Å². The lowest BCUT2D eigenvalue weighted by Crippen LogP contribution is -2.29. The van der Waals surface area contributed by atoms with Crippen LogP contribution >= 0.6 is 11.8 Å². The van der Waals surface area contributed by atoms with Gasteiger partial charge >= 0.3 is 12.1 Å². The first-order valence-corrected chi connectivity index (χ1v) is 8.88. The molecule has 4 N–H and O–H groups in total. The third-order valence-corrected chi connectivity index (χ3v) is 5.20. The Balaban J connectivity index is 1.72. The van der Waals surface area contributed by atoms with Crippen molar-refractivity contribution in [2.75, 3.05) is 22.5 Å². The number of carboxylic acid groups (broad SMARTS) is 1. The summed E-state index contributed by atoms with van der Waals surface area (Å²) in [6.45, 7) is 0.154. The van der Waals surface area contributed by atoms with E-state index in [9.17, 15) is 24.3 Å². The minimum Gasteiger partial charge on any atom is -0.481 e. The Morgan fingerprint density at radius 2 is 2.19 bits per heavy atom. The molecule has 2 aliphatic rings. The standard InChI is InChI=1S/C16H17N3O6S/c17-13(20)4-8(15(22)23)3-10-6-19(16(24)25-10)9-1-2-12-11(5-9)18-14(21)7-26-12/h1-2,5,8,10H,3-4,6-7H2,(H2,17,20)(H,18,21)(H,22,23)/t8?,10-/m1/s1. The van der Waals surface area contributed by atoms with Crippen molar-refractivity contribution in [1.82, 2.24) is 0 Å². The molecule has 0 radical (unpaired) electrons. The van der Waals surface area contributed by atoms with Crippen LogP contribution < -0.4 is 16.0 Å². The van der Waals surface area contributed by atoms with Gasteiger partial charge in [0.2, 0.25) is 11.8 Å². The number of carbonyl (C=O) groups is 4. The van der Waals surface area contributed by atoms with E-state index in [0.717, 1.165) is 4.90 Å². The first-order chi connectivity index (χ1) is 12.3.